The summed E-state index contributed by atoms with van der Waals surface area (Å²) < 4.78 is 30.7. The number of nitrogens with zero attached hydrogens (tertiary/aromatic N) is 2. The number of hydrogen-bond donors (Lipinski definition) is 1. The third-order valence-corrected chi connectivity index (χ3v) is 4.38. The Morgan fingerprint density at radius 2 is 1.92 bits per heavy atom. The maximum Gasteiger partial charge on any atom is 0.232 e. The summed E-state index contributed by atoms with van der Waals surface area (Å²) in [6.45, 7) is 3.76. The average Bonchev–Trinajstić information content (AvgIpc) is 3.33. The van der Waals surface area contributed by atoms with Crippen LogP contribution in [0.1, 0.15) is 11.3 Å². The predicted molar refractivity (Wildman–Crippen MR) is 94.2 cm³/mol. The van der Waals surface area contributed by atoms with E-state index in [9.17, 15) is 4.39 Å². The summed E-state index contributed by atoms with van der Waals surface area (Å²) in [5, 5.41) is 7.50. The van der Waals surface area contributed by atoms with Gasteiger partial charge >= 0.3 is 0 Å². The monoisotopic (exact) mass is 357 g/mol. The first kappa shape index (κ1) is 16.8. The third-order valence-electron chi connectivity index (χ3n) is 4.38. The van der Waals surface area contributed by atoms with Crippen LogP contribution in [-0.4, -0.2) is 31.5 Å². The van der Waals surface area contributed by atoms with Crippen LogP contribution in [0, 0.1) is 5.82 Å². The minimum absolute atomic E-state index is 0.318. The van der Waals surface area contributed by atoms with Crippen molar-refractivity contribution in [1.82, 2.24) is 10.5 Å². The maximum absolute atomic E-state index is 14.3. The fraction of sp³-hybridized carbons (Fsp3) is 0.316. The van der Waals surface area contributed by atoms with E-state index in [1.54, 1.807) is 24.5 Å². The summed E-state index contributed by atoms with van der Waals surface area (Å²) >= 11 is 0. The van der Waals surface area contributed by atoms with E-state index in [0.717, 1.165) is 24.4 Å². The van der Waals surface area contributed by atoms with E-state index >= 15 is 0 Å². The van der Waals surface area contributed by atoms with Gasteiger partial charge in [0.05, 0.1) is 31.6 Å². The second kappa shape index (κ2) is 7.72. The summed E-state index contributed by atoms with van der Waals surface area (Å²) in [5.74, 6) is 1.18. The number of nitrogens with one attached hydrogen (secondary N) is 1. The molecule has 3 aromatic rings. The molecule has 1 aliphatic rings. The molecule has 1 fully saturated rings. The van der Waals surface area contributed by atoms with Gasteiger partial charge in [-0.15, -0.1) is 0 Å². The Hall–Kier alpha value is -2.64. The van der Waals surface area contributed by atoms with E-state index in [-0.39, 0.29) is 5.82 Å². The predicted octanol–water partition coefficient (Wildman–Crippen LogP) is 3.20. The third kappa shape index (κ3) is 3.49. The normalized spacial score (nSPS) is 14.7. The number of benzene rings is 1. The van der Waals surface area contributed by atoms with Crippen LogP contribution in [0.4, 0.5) is 10.3 Å². The summed E-state index contributed by atoms with van der Waals surface area (Å²) in [4.78, 5) is 2.09. The van der Waals surface area contributed by atoms with Gasteiger partial charge < -0.3 is 23.9 Å². The van der Waals surface area contributed by atoms with Crippen LogP contribution < -0.4 is 10.2 Å². The lowest BCUT2D eigenvalue weighted by Gasteiger charge is -2.26. The van der Waals surface area contributed by atoms with Crippen LogP contribution in [0.15, 0.2) is 51.6 Å². The first-order valence-electron chi connectivity index (χ1n) is 8.62. The number of rotatable bonds is 6. The Morgan fingerprint density at radius 3 is 2.69 bits per heavy atom. The molecule has 0 aliphatic carbocycles. The summed E-state index contributed by atoms with van der Waals surface area (Å²) in [6, 6.07) is 10.4. The van der Waals surface area contributed by atoms with Crippen LogP contribution in [0.25, 0.3) is 11.3 Å². The molecular weight excluding hydrogens is 337 g/mol. The largest absolute Gasteiger partial charge is 0.468 e. The number of anilines is 1. The Kier molecular flexibility index (Phi) is 4.99. The molecule has 1 saturated heterocycles. The van der Waals surface area contributed by atoms with Crippen molar-refractivity contribution in [1.29, 1.82) is 0 Å². The van der Waals surface area contributed by atoms with Crippen LogP contribution in [0.3, 0.4) is 0 Å². The van der Waals surface area contributed by atoms with Crippen molar-refractivity contribution in [3.05, 3.63) is 59.8 Å². The van der Waals surface area contributed by atoms with Crippen molar-refractivity contribution in [2.45, 2.75) is 13.1 Å². The Labute approximate surface area is 150 Å². The first-order valence-corrected chi connectivity index (χ1v) is 8.62. The quantitative estimate of drug-likeness (QED) is 0.731. The summed E-state index contributed by atoms with van der Waals surface area (Å²) in [6.07, 6.45) is 1.64. The smallest absolute Gasteiger partial charge is 0.232 e. The molecule has 1 N–H and O–H groups in total. The molecule has 1 aromatic carbocycles. The van der Waals surface area contributed by atoms with Crippen LogP contribution >= 0.6 is 0 Å². The van der Waals surface area contributed by atoms with Gasteiger partial charge in [-0.2, -0.15) is 0 Å². The number of aromatic nitrogens is 1. The van der Waals surface area contributed by atoms with Gasteiger partial charge in [0.15, 0.2) is 0 Å². The summed E-state index contributed by atoms with van der Waals surface area (Å²) in [5.41, 5.74) is 1.80. The van der Waals surface area contributed by atoms with Crippen molar-refractivity contribution < 1.29 is 18.1 Å². The van der Waals surface area contributed by atoms with Gasteiger partial charge in [-0.3, -0.25) is 0 Å². The van der Waals surface area contributed by atoms with Crippen molar-refractivity contribution >= 4 is 5.88 Å². The molecule has 0 radical (unpaired) electrons. The average molecular weight is 357 g/mol. The van der Waals surface area contributed by atoms with E-state index in [1.165, 1.54) is 6.07 Å². The van der Waals surface area contributed by atoms with Crippen molar-refractivity contribution in [3.8, 4) is 11.3 Å². The van der Waals surface area contributed by atoms with Crippen LogP contribution in [0.5, 0.6) is 0 Å². The Balaban J connectivity index is 1.62. The Morgan fingerprint density at radius 1 is 1.08 bits per heavy atom. The molecule has 0 bridgehead atoms. The minimum Gasteiger partial charge on any atom is -0.468 e. The molecular formula is C19H20FN3O3. The molecule has 136 valence electrons. The highest BCUT2D eigenvalue weighted by Gasteiger charge is 2.25. The highest BCUT2D eigenvalue weighted by atomic mass is 19.1. The summed E-state index contributed by atoms with van der Waals surface area (Å²) in [7, 11) is 0. The van der Waals surface area contributed by atoms with Crippen molar-refractivity contribution in [2.24, 2.45) is 0 Å². The topological polar surface area (TPSA) is 63.7 Å². The number of furan rings is 1. The lowest BCUT2D eigenvalue weighted by Crippen LogP contribution is -2.36. The highest BCUT2D eigenvalue weighted by Crippen LogP contribution is 2.33. The number of morpholine rings is 1. The molecule has 26 heavy (non-hydrogen) atoms. The van der Waals surface area contributed by atoms with E-state index in [0.29, 0.717) is 43.4 Å². The van der Waals surface area contributed by atoms with Gasteiger partial charge in [0, 0.05) is 25.2 Å². The van der Waals surface area contributed by atoms with Gasteiger partial charge in [-0.05, 0) is 24.3 Å². The van der Waals surface area contributed by atoms with Crippen molar-refractivity contribution in [3.63, 3.8) is 0 Å². The van der Waals surface area contributed by atoms with Gasteiger partial charge in [0.2, 0.25) is 5.88 Å². The van der Waals surface area contributed by atoms with E-state index in [2.05, 4.69) is 15.4 Å². The van der Waals surface area contributed by atoms with Gasteiger partial charge in [0.1, 0.15) is 17.3 Å². The van der Waals surface area contributed by atoms with Gasteiger partial charge in [-0.1, -0.05) is 17.3 Å². The van der Waals surface area contributed by atoms with E-state index < -0.39 is 0 Å². The zero-order valence-corrected chi connectivity index (χ0v) is 14.3. The number of ether oxygens (including phenoxy) is 1. The molecule has 0 saturated carbocycles. The second-order valence-electron chi connectivity index (χ2n) is 6.08. The molecule has 0 amide bonds. The molecule has 3 heterocycles. The molecule has 1 aliphatic heterocycles. The molecule has 0 unspecified atom stereocenters. The molecule has 2 aromatic heterocycles. The second-order valence-corrected chi connectivity index (χ2v) is 6.08. The lowest BCUT2D eigenvalue weighted by atomic mass is 10.1. The standard InChI is InChI=1S/C19H20FN3O3/c20-17-6-2-1-5-15(17)18-16(13-21-12-14-4-3-9-25-14)19(26-22-18)23-7-10-24-11-8-23/h1-6,9,21H,7-8,10-13H2. The van der Waals surface area contributed by atoms with E-state index in [4.69, 9.17) is 13.7 Å². The fourth-order valence-electron chi connectivity index (χ4n) is 3.06. The Bertz CT molecular complexity index is 842. The van der Waals surface area contributed by atoms with Crippen LogP contribution in [0.2, 0.25) is 0 Å². The van der Waals surface area contributed by atoms with E-state index in [1.807, 2.05) is 12.1 Å². The molecule has 6 nitrogen and oxygen atoms in total. The zero-order valence-electron chi connectivity index (χ0n) is 14.3. The molecule has 7 heteroatoms. The molecule has 0 spiro atoms. The van der Waals surface area contributed by atoms with Gasteiger partial charge in [-0.25, -0.2) is 4.39 Å². The minimum atomic E-state index is -0.318. The first-order chi connectivity index (χ1) is 12.8. The number of halogens is 1. The molecule has 4 rings (SSSR count). The van der Waals surface area contributed by atoms with Crippen LogP contribution in [-0.2, 0) is 17.8 Å². The SMILES string of the molecule is Fc1ccccc1-c1noc(N2CCOCC2)c1CNCc1ccco1. The van der Waals surface area contributed by atoms with Gasteiger partial charge in [0.25, 0.3) is 0 Å². The lowest BCUT2D eigenvalue weighted by molar-refractivity contribution is 0.120. The fourth-order valence-corrected chi connectivity index (χ4v) is 3.06. The maximum atomic E-state index is 14.3. The van der Waals surface area contributed by atoms with Crippen molar-refractivity contribution in [2.75, 3.05) is 31.2 Å². The molecule has 0 atom stereocenters. The number of hydrogen-bond acceptors (Lipinski definition) is 6. The zero-order chi connectivity index (χ0) is 17.8. The highest BCUT2D eigenvalue weighted by molar-refractivity contribution is 5.68.